The van der Waals surface area contributed by atoms with E-state index in [1.807, 2.05) is 0 Å². The van der Waals surface area contributed by atoms with Gasteiger partial charge in [-0.1, -0.05) is 34.9 Å². The largest absolute Gasteiger partial charge is 0.524 e. The second-order valence-electron chi connectivity index (χ2n) is 9.40. The van der Waals surface area contributed by atoms with Crippen LogP contribution in [-0.4, -0.2) is 15.4 Å². The van der Waals surface area contributed by atoms with Crippen molar-refractivity contribution in [2.24, 2.45) is 0 Å². The summed E-state index contributed by atoms with van der Waals surface area (Å²) in [6, 6.07) is 4.95. The average molecular weight is 463 g/mol. The fourth-order valence-corrected chi connectivity index (χ4v) is 4.29. The van der Waals surface area contributed by atoms with Crippen LogP contribution in [-0.2, 0) is 11.0 Å². The third-order valence-corrected chi connectivity index (χ3v) is 6.27. The summed E-state index contributed by atoms with van der Waals surface area (Å²) in [6.45, 7) is 10.8. The second kappa shape index (κ2) is 11.9. The van der Waals surface area contributed by atoms with Gasteiger partial charge >= 0.3 is 7.82 Å². The number of phosphoric ester groups is 1. The number of aryl methyl sites for hydroxylation is 1. The van der Waals surface area contributed by atoms with Gasteiger partial charge in [0.2, 0.25) is 0 Å². The van der Waals surface area contributed by atoms with E-state index in [1.165, 1.54) is 16.7 Å². The Balaban J connectivity index is 1.80. The maximum atomic E-state index is 11.0. The molecule has 0 bridgehead atoms. The van der Waals surface area contributed by atoms with Crippen LogP contribution in [0, 0.1) is 0 Å². The number of phosphoric acid groups is 1. The second-order valence-corrected chi connectivity index (χ2v) is 10.6. The summed E-state index contributed by atoms with van der Waals surface area (Å²) in [5.41, 5.74) is 4.95. The Bertz CT molecular complexity index is 905. The Hall–Kier alpha value is -1.81. The van der Waals surface area contributed by atoms with Gasteiger partial charge in [-0.2, -0.15) is 0 Å². The van der Waals surface area contributed by atoms with Crippen molar-refractivity contribution in [3.63, 3.8) is 0 Å². The summed E-state index contributed by atoms with van der Waals surface area (Å²) in [5, 5.41) is 0. The zero-order valence-corrected chi connectivity index (χ0v) is 21.1. The minimum absolute atomic E-state index is 0.170. The Labute approximate surface area is 193 Å². The molecule has 1 atom stereocenters. The molecule has 1 aliphatic heterocycles. The molecule has 178 valence electrons. The van der Waals surface area contributed by atoms with E-state index in [0.717, 1.165) is 62.7 Å². The lowest BCUT2D eigenvalue weighted by Gasteiger charge is -2.36. The minimum atomic E-state index is -4.55. The van der Waals surface area contributed by atoms with Crippen molar-refractivity contribution in [3.8, 4) is 11.5 Å². The number of rotatable bonds is 11. The van der Waals surface area contributed by atoms with Crippen LogP contribution in [0.4, 0.5) is 0 Å². The Morgan fingerprint density at radius 3 is 2.31 bits per heavy atom. The van der Waals surface area contributed by atoms with E-state index in [9.17, 15) is 4.57 Å². The monoisotopic (exact) mass is 462 g/mol. The van der Waals surface area contributed by atoms with Crippen molar-refractivity contribution in [3.05, 3.63) is 58.7 Å². The van der Waals surface area contributed by atoms with E-state index in [0.29, 0.717) is 0 Å². The molecule has 0 fully saturated rings. The molecule has 6 heteroatoms. The van der Waals surface area contributed by atoms with Crippen LogP contribution in [0.3, 0.4) is 0 Å². The molecule has 1 aromatic rings. The minimum Gasteiger partial charge on any atom is -0.487 e. The molecule has 0 amide bonds. The molecule has 1 aliphatic rings. The van der Waals surface area contributed by atoms with Gasteiger partial charge in [0.05, 0.1) is 0 Å². The van der Waals surface area contributed by atoms with Crippen LogP contribution >= 0.6 is 7.82 Å². The molecule has 0 saturated heterocycles. The van der Waals surface area contributed by atoms with E-state index in [4.69, 9.17) is 14.5 Å². The van der Waals surface area contributed by atoms with Crippen LogP contribution in [0.5, 0.6) is 11.5 Å². The summed E-state index contributed by atoms with van der Waals surface area (Å²) in [4.78, 5) is 18.0. The number of allylic oxidation sites excluding steroid dienone is 6. The van der Waals surface area contributed by atoms with Crippen molar-refractivity contribution in [2.45, 2.75) is 91.6 Å². The standard InChI is InChI=1S/C26H39O5P/c1-20(2)9-6-10-21(3)11-7-12-22(4)13-8-17-26(5)18-16-23-19-24(31-32(27,28)29)14-15-25(23)30-26/h9,11,13-15,19H,6-8,10,12,16-18H2,1-5H3,(H2,27,28,29)/b21-11+,22-13+. The molecule has 1 unspecified atom stereocenters. The SMILES string of the molecule is CC(C)=CCC/C(C)=C/CC/C(C)=C/CCC1(C)CCc2cc(OP(=O)(O)O)ccc2O1. The van der Waals surface area contributed by atoms with Crippen LogP contribution in [0.25, 0.3) is 0 Å². The van der Waals surface area contributed by atoms with Crippen molar-refractivity contribution in [1.29, 1.82) is 0 Å². The average Bonchev–Trinajstić information content (AvgIpc) is 2.66. The number of ether oxygens (including phenoxy) is 1. The third kappa shape index (κ3) is 9.77. The summed E-state index contributed by atoms with van der Waals surface area (Å²) < 4.78 is 22.0. The first-order valence-corrected chi connectivity index (χ1v) is 13.0. The van der Waals surface area contributed by atoms with Crippen molar-refractivity contribution >= 4 is 7.82 Å². The normalized spacial score (nSPS) is 19.2. The van der Waals surface area contributed by atoms with Gasteiger partial charge in [0.15, 0.2) is 0 Å². The third-order valence-electron chi connectivity index (χ3n) is 5.82. The summed E-state index contributed by atoms with van der Waals surface area (Å²) >= 11 is 0. The van der Waals surface area contributed by atoms with E-state index in [2.05, 4.69) is 57.4 Å². The summed E-state index contributed by atoms with van der Waals surface area (Å²) in [7, 11) is -4.55. The first kappa shape index (κ1) is 26.4. The molecular weight excluding hydrogens is 423 g/mol. The molecule has 0 aliphatic carbocycles. The fourth-order valence-electron chi connectivity index (χ4n) is 3.90. The van der Waals surface area contributed by atoms with Gasteiger partial charge in [-0.3, -0.25) is 9.79 Å². The van der Waals surface area contributed by atoms with Crippen LogP contribution in [0.15, 0.2) is 53.1 Å². The fraction of sp³-hybridized carbons (Fsp3) is 0.538. The number of benzene rings is 1. The first-order valence-electron chi connectivity index (χ1n) is 11.5. The lowest BCUT2D eigenvalue weighted by molar-refractivity contribution is 0.0570. The van der Waals surface area contributed by atoms with Gasteiger partial charge in [-0.05, 0) is 110 Å². The molecule has 2 rings (SSSR count). The van der Waals surface area contributed by atoms with E-state index >= 15 is 0 Å². The molecule has 2 N–H and O–H groups in total. The summed E-state index contributed by atoms with van der Waals surface area (Å²) in [6.07, 6.45) is 15.0. The van der Waals surface area contributed by atoms with Crippen LogP contribution < -0.4 is 9.26 Å². The van der Waals surface area contributed by atoms with Gasteiger partial charge < -0.3 is 9.26 Å². The maximum absolute atomic E-state index is 11.0. The molecule has 0 aromatic heterocycles. The highest BCUT2D eigenvalue weighted by molar-refractivity contribution is 7.46. The summed E-state index contributed by atoms with van der Waals surface area (Å²) in [5.74, 6) is 0.940. The number of fused-ring (bicyclic) bond motifs is 1. The van der Waals surface area contributed by atoms with Crippen molar-refractivity contribution in [1.82, 2.24) is 0 Å². The molecule has 0 radical (unpaired) electrons. The van der Waals surface area contributed by atoms with E-state index < -0.39 is 7.82 Å². The Kier molecular flexibility index (Phi) is 9.82. The van der Waals surface area contributed by atoms with Crippen molar-refractivity contribution in [2.75, 3.05) is 0 Å². The maximum Gasteiger partial charge on any atom is 0.524 e. The van der Waals surface area contributed by atoms with Gasteiger partial charge in [0.25, 0.3) is 0 Å². The quantitative estimate of drug-likeness (QED) is 0.264. The molecule has 0 saturated carbocycles. The number of hydrogen-bond acceptors (Lipinski definition) is 3. The lowest BCUT2D eigenvalue weighted by atomic mass is 9.88. The molecular formula is C26H39O5P. The van der Waals surface area contributed by atoms with Crippen LogP contribution in [0.1, 0.15) is 85.1 Å². The Morgan fingerprint density at radius 1 is 1.06 bits per heavy atom. The van der Waals surface area contributed by atoms with Gasteiger partial charge in [-0.15, -0.1) is 0 Å². The zero-order valence-electron chi connectivity index (χ0n) is 20.2. The van der Waals surface area contributed by atoms with Gasteiger partial charge in [-0.25, -0.2) is 4.57 Å². The highest BCUT2D eigenvalue weighted by atomic mass is 31.2. The lowest BCUT2D eigenvalue weighted by Crippen LogP contribution is -2.36. The molecule has 5 nitrogen and oxygen atoms in total. The molecule has 1 heterocycles. The predicted molar refractivity (Wildman–Crippen MR) is 131 cm³/mol. The molecule has 32 heavy (non-hydrogen) atoms. The first-order chi connectivity index (χ1) is 15.0. The molecule has 0 spiro atoms. The molecule has 1 aromatic carbocycles. The highest BCUT2D eigenvalue weighted by Gasteiger charge is 2.31. The Morgan fingerprint density at radius 2 is 1.69 bits per heavy atom. The predicted octanol–water partition coefficient (Wildman–Crippen LogP) is 7.44. The van der Waals surface area contributed by atoms with E-state index in [-0.39, 0.29) is 11.4 Å². The van der Waals surface area contributed by atoms with E-state index in [1.54, 1.807) is 18.2 Å². The topological polar surface area (TPSA) is 76.0 Å². The number of hydrogen-bond donors (Lipinski definition) is 2. The van der Waals surface area contributed by atoms with Gasteiger partial charge in [0, 0.05) is 0 Å². The highest BCUT2D eigenvalue weighted by Crippen LogP contribution is 2.42. The van der Waals surface area contributed by atoms with Crippen LogP contribution in [0.2, 0.25) is 0 Å². The van der Waals surface area contributed by atoms with Crippen molar-refractivity contribution < 1.29 is 23.6 Å². The smallest absolute Gasteiger partial charge is 0.487 e. The zero-order chi connectivity index (χ0) is 23.8. The van der Waals surface area contributed by atoms with Gasteiger partial charge in [0.1, 0.15) is 17.1 Å².